The van der Waals surface area contributed by atoms with Crippen molar-refractivity contribution in [3.63, 3.8) is 0 Å². The predicted octanol–water partition coefficient (Wildman–Crippen LogP) is 3.04. The second-order valence-electron chi connectivity index (χ2n) is 5.55. The van der Waals surface area contributed by atoms with Crippen LogP contribution in [0.4, 0.5) is 0 Å². The number of benzene rings is 2. The molecule has 0 aliphatic heterocycles. The number of hydrogen-bond donors (Lipinski definition) is 0. The Morgan fingerprint density at radius 2 is 1.43 bits per heavy atom. The molecule has 3 rings (SSSR count). The van der Waals surface area contributed by atoms with Gasteiger partial charge in [0.25, 0.3) is 0 Å². The molecule has 118 valence electrons. The molecule has 1 aliphatic rings. The molecule has 0 aromatic heterocycles. The molecule has 0 saturated carbocycles. The van der Waals surface area contributed by atoms with Crippen LogP contribution in [-0.4, -0.2) is 25.7 Å². The minimum absolute atomic E-state index is 0.0207. The third-order valence-corrected chi connectivity index (χ3v) is 5.85. The van der Waals surface area contributed by atoms with E-state index in [-0.39, 0.29) is 33.1 Å². The maximum absolute atomic E-state index is 12.8. The molecule has 0 N–H and O–H groups in total. The van der Waals surface area contributed by atoms with Crippen LogP contribution in [0.15, 0.2) is 47.4 Å². The summed E-state index contributed by atoms with van der Waals surface area (Å²) in [5, 5.41) is 0. The number of hydrogen-bond acceptors (Lipinski definition) is 4. The molecule has 0 unspecified atom stereocenters. The minimum atomic E-state index is -3.60. The highest BCUT2D eigenvalue weighted by Crippen LogP contribution is 2.32. The van der Waals surface area contributed by atoms with E-state index in [1.165, 1.54) is 18.2 Å². The van der Waals surface area contributed by atoms with Gasteiger partial charge in [-0.1, -0.05) is 49.7 Å². The molecule has 0 bridgehead atoms. The third kappa shape index (κ3) is 2.51. The highest BCUT2D eigenvalue weighted by atomic mass is 32.2. The number of carbonyl (C=O) groups is 2. The van der Waals surface area contributed by atoms with Crippen molar-refractivity contribution in [1.29, 1.82) is 0 Å². The van der Waals surface area contributed by atoms with Gasteiger partial charge in [0.2, 0.25) is 0 Å². The molecule has 0 heterocycles. The smallest absolute Gasteiger partial charge is 0.195 e. The van der Waals surface area contributed by atoms with Crippen molar-refractivity contribution in [3.8, 4) is 0 Å². The van der Waals surface area contributed by atoms with Crippen molar-refractivity contribution in [1.82, 2.24) is 0 Å². The lowest BCUT2D eigenvalue weighted by atomic mass is 9.84. The average molecular weight is 328 g/mol. The van der Waals surface area contributed by atoms with E-state index in [1.54, 1.807) is 24.3 Å². The van der Waals surface area contributed by atoms with E-state index in [1.807, 2.05) is 6.92 Å². The van der Waals surface area contributed by atoms with Gasteiger partial charge in [0.1, 0.15) is 0 Å². The van der Waals surface area contributed by atoms with Gasteiger partial charge in [-0.05, 0) is 12.5 Å². The zero-order valence-corrected chi connectivity index (χ0v) is 13.5. The number of rotatable bonds is 4. The Bertz CT molecular complexity index is 910. The Hall–Kier alpha value is -2.27. The zero-order valence-electron chi connectivity index (χ0n) is 12.7. The van der Waals surface area contributed by atoms with E-state index < -0.39 is 15.6 Å². The number of sulfone groups is 1. The first-order chi connectivity index (χ1) is 11.0. The molecule has 0 saturated heterocycles. The minimum Gasteiger partial charge on any atom is -0.289 e. The predicted molar refractivity (Wildman–Crippen MR) is 86.7 cm³/mol. The van der Waals surface area contributed by atoms with Crippen molar-refractivity contribution >= 4 is 21.4 Å². The number of unbranched alkanes of at least 4 members (excludes halogenated alkanes) is 1. The molecular formula is C18H16O4S. The van der Waals surface area contributed by atoms with E-state index >= 15 is 0 Å². The van der Waals surface area contributed by atoms with Crippen LogP contribution >= 0.6 is 0 Å². The first-order valence-corrected chi connectivity index (χ1v) is 9.17. The van der Waals surface area contributed by atoms with Crippen LogP contribution in [0.2, 0.25) is 0 Å². The van der Waals surface area contributed by atoms with Crippen LogP contribution in [0.1, 0.15) is 51.6 Å². The molecule has 4 nitrogen and oxygen atoms in total. The number of ketones is 2. The molecule has 2 aromatic carbocycles. The Morgan fingerprint density at radius 3 is 2.09 bits per heavy atom. The van der Waals surface area contributed by atoms with E-state index in [0.717, 1.165) is 6.42 Å². The van der Waals surface area contributed by atoms with Gasteiger partial charge in [0, 0.05) is 16.7 Å². The zero-order chi connectivity index (χ0) is 16.6. The highest BCUT2D eigenvalue weighted by Gasteiger charge is 2.34. The van der Waals surface area contributed by atoms with Crippen LogP contribution in [0, 0.1) is 0 Å². The van der Waals surface area contributed by atoms with Crippen LogP contribution in [-0.2, 0) is 9.84 Å². The van der Waals surface area contributed by atoms with Gasteiger partial charge in [-0.15, -0.1) is 0 Å². The van der Waals surface area contributed by atoms with E-state index in [4.69, 9.17) is 0 Å². The molecule has 5 heteroatoms. The first-order valence-electron chi connectivity index (χ1n) is 7.51. The maximum atomic E-state index is 12.8. The summed E-state index contributed by atoms with van der Waals surface area (Å²) in [6, 6.07) is 11.0. The largest absolute Gasteiger partial charge is 0.289 e. The summed E-state index contributed by atoms with van der Waals surface area (Å²) in [4.78, 5) is 25.3. The molecule has 0 amide bonds. The van der Waals surface area contributed by atoms with Gasteiger partial charge >= 0.3 is 0 Å². The van der Waals surface area contributed by atoms with Crippen molar-refractivity contribution in [2.75, 3.05) is 5.75 Å². The third-order valence-electron chi connectivity index (χ3n) is 4.02. The van der Waals surface area contributed by atoms with Crippen molar-refractivity contribution in [2.24, 2.45) is 0 Å². The monoisotopic (exact) mass is 328 g/mol. The molecular weight excluding hydrogens is 312 g/mol. The van der Waals surface area contributed by atoms with Gasteiger partial charge in [-0.25, -0.2) is 8.42 Å². The van der Waals surface area contributed by atoms with Gasteiger partial charge in [0.05, 0.1) is 16.2 Å². The molecule has 0 radical (unpaired) electrons. The summed E-state index contributed by atoms with van der Waals surface area (Å²) < 4.78 is 25.1. The lowest BCUT2D eigenvalue weighted by Gasteiger charge is -2.20. The van der Waals surface area contributed by atoms with Crippen LogP contribution in [0.25, 0.3) is 0 Å². The van der Waals surface area contributed by atoms with Crippen LogP contribution in [0.3, 0.4) is 0 Å². The van der Waals surface area contributed by atoms with Crippen molar-refractivity contribution in [2.45, 2.75) is 24.7 Å². The Morgan fingerprint density at radius 1 is 0.826 bits per heavy atom. The summed E-state index contributed by atoms with van der Waals surface area (Å²) in [5.74, 6) is -0.725. The van der Waals surface area contributed by atoms with Gasteiger partial charge in [0.15, 0.2) is 21.4 Å². The van der Waals surface area contributed by atoms with Gasteiger partial charge in [-0.3, -0.25) is 9.59 Å². The summed E-state index contributed by atoms with van der Waals surface area (Å²) in [6.07, 6.45) is 1.26. The first kappa shape index (κ1) is 15.6. The Labute approximate surface area is 135 Å². The van der Waals surface area contributed by atoms with Crippen LogP contribution < -0.4 is 0 Å². The Balaban J connectivity index is 2.23. The maximum Gasteiger partial charge on any atom is 0.195 e. The van der Waals surface area contributed by atoms with Crippen molar-refractivity contribution in [3.05, 3.63) is 64.7 Å². The van der Waals surface area contributed by atoms with E-state index in [9.17, 15) is 18.0 Å². The van der Waals surface area contributed by atoms with Crippen molar-refractivity contribution < 1.29 is 18.0 Å². The molecule has 2 aromatic rings. The average Bonchev–Trinajstić information content (AvgIpc) is 2.57. The van der Waals surface area contributed by atoms with Gasteiger partial charge < -0.3 is 0 Å². The SMILES string of the molecule is CCCCS(=O)(=O)c1cccc2c1C(=O)c1ccccc1C2=O. The normalized spacial score (nSPS) is 13.6. The standard InChI is InChI=1S/C18H16O4S/c1-2-3-11-23(21,22)15-10-6-9-14-16(15)18(20)13-8-5-4-7-12(13)17(14)19/h4-10H,2-3,11H2,1H3. The Kier molecular flexibility index (Phi) is 3.90. The fourth-order valence-electron chi connectivity index (χ4n) is 2.82. The molecule has 0 atom stereocenters. The molecule has 1 aliphatic carbocycles. The second-order valence-corrected chi connectivity index (χ2v) is 7.63. The summed E-state index contributed by atoms with van der Waals surface area (Å²) in [7, 11) is -3.60. The van der Waals surface area contributed by atoms with E-state index in [2.05, 4.69) is 0 Å². The highest BCUT2D eigenvalue weighted by molar-refractivity contribution is 7.91. The fraction of sp³-hybridized carbons (Fsp3) is 0.222. The fourth-order valence-corrected chi connectivity index (χ4v) is 4.51. The van der Waals surface area contributed by atoms with E-state index in [0.29, 0.717) is 12.0 Å². The summed E-state index contributed by atoms with van der Waals surface area (Å²) >= 11 is 0. The topological polar surface area (TPSA) is 68.3 Å². The second kappa shape index (κ2) is 5.74. The number of fused-ring (bicyclic) bond motifs is 2. The quantitative estimate of drug-likeness (QED) is 0.738. The lowest BCUT2D eigenvalue weighted by Crippen LogP contribution is -2.24. The van der Waals surface area contributed by atoms with Crippen LogP contribution in [0.5, 0.6) is 0 Å². The molecule has 0 fully saturated rings. The molecule has 23 heavy (non-hydrogen) atoms. The van der Waals surface area contributed by atoms with Gasteiger partial charge in [-0.2, -0.15) is 0 Å². The number of carbonyl (C=O) groups excluding carboxylic acids is 2. The summed E-state index contributed by atoms with van der Waals surface area (Å²) in [6.45, 7) is 1.90. The molecule has 0 spiro atoms. The lowest BCUT2D eigenvalue weighted by molar-refractivity contribution is 0.0976. The summed E-state index contributed by atoms with van der Waals surface area (Å²) in [5.41, 5.74) is 0.787.